The molecule has 0 heterocycles. The van der Waals surface area contributed by atoms with Crippen molar-refractivity contribution in [3.05, 3.63) is 6.42 Å². The topological polar surface area (TPSA) is 0 Å². The molecule has 0 saturated heterocycles. The normalized spacial score (nSPS) is 4.50. The zero-order valence-electron chi connectivity index (χ0n) is 2.93. The molecule has 0 aromatic carbocycles. The van der Waals surface area contributed by atoms with Crippen molar-refractivity contribution in [3.8, 4) is 0 Å². The molecule has 0 saturated carbocycles. The Morgan fingerprint density at radius 2 is 1.25 bits per heavy atom. The van der Waals surface area contributed by atoms with E-state index >= 15 is 0 Å². The predicted molar refractivity (Wildman–Crippen MR) is 15.6 cm³/mol. The van der Waals surface area contributed by atoms with Crippen LogP contribution in [0, 0.1) is 6.42 Å². The number of hydrogen-bond donors (Lipinski definition) is 0. The maximum atomic E-state index is 2.00. The first-order chi connectivity index (χ1) is 1.41. The average Bonchev–Trinajstić information content (AvgIpc) is 0.918. The molecule has 27 valence electrons. The molecule has 0 fully saturated rings. The Morgan fingerprint density at radius 1 is 1.25 bits per heavy atom. The maximum Gasteiger partial charge on any atom is 0 e. The minimum absolute atomic E-state index is 0. The molecule has 0 aliphatic heterocycles. The fourth-order valence-electron chi connectivity index (χ4n) is 0. The summed E-state index contributed by atoms with van der Waals surface area (Å²) in [5, 5.41) is 0. The first-order valence-corrected chi connectivity index (χ1v) is 1.15. The first kappa shape index (κ1) is 8.82. The van der Waals surface area contributed by atoms with Crippen molar-refractivity contribution >= 4 is 0 Å². The largest absolute Gasteiger partial charge is 0.0625 e. The molecule has 0 rings (SSSR count). The van der Waals surface area contributed by atoms with Gasteiger partial charge in [0.2, 0.25) is 0 Å². The van der Waals surface area contributed by atoms with Crippen LogP contribution in [0.3, 0.4) is 0 Å². The van der Waals surface area contributed by atoms with Crippen molar-refractivity contribution in [1.29, 1.82) is 0 Å². The monoisotopic (exact) mass is 145 g/mol. The third kappa shape index (κ3) is 17.8. The van der Waals surface area contributed by atoms with Gasteiger partial charge in [-0.15, -0.1) is 0 Å². The maximum absolute atomic E-state index is 2.00. The number of hydrogen-bond acceptors (Lipinski definition) is 0. The Labute approximate surface area is 40.4 Å². The summed E-state index contributed by atoms with van der Waals surface area (Å²) >= 11 is 0. The van der Waals surface area contributed by atoms with Crippen LogP contribution in [0.5, 0.6) is 0 Å². The van der Waals surface area contributed by atoms with E-state index in [9.17, 15) is 0 Å². The Morgan fingerprint density at radius 3 is 1.25 bits per heavy atom. The van der Waals surface area contributed by atoms with Gasteiger partial charge in [0.1, 0.15) is 0 Å². The summed E-state index contributed by atoms with van der Waals surface area (Å²) in [6.07, 6.45) is 2.00. The minimum Gasteiger partial charge on any atom is -0.0625 e. The van der Waals surface area contributed by atoms with Gasteiger partial charge >= 0.3 is 0 Å². The molecule has 0 N–H and O–H groups in total. The van der Waals surface area contributed by atoms with Crippen LogP contribution >= 0.6 is 0 Å². The summed E-state index contributed by atoms with van der Waals surface area (Å²) < 4.78 is 0. The summed E-state index contributed by atoms with van der Waals surface area (Å²) in [6.45, 7) is 4.00. The number of rotatable bonds is 0. The molecule has 1 radical (unpaired) electrons. The van der Waals surface area contributed by atoms with Crippen LogP contribution in [0.25, 0.3) is 0 Å². The summed E-state index contributed by atoms with van der Waals surface area (Å²) in [7, 11) is 0. The van der Waals surface area contributed by atoms with Crippen LogP contribution in [-0.4, -0.2) is 0 Å². The van der Waals surface area contributed by atoms with Gasteiger partial charge < -0.3 is 0 Å². The Hall–Kier alpha value is 0.623. The summed E-state index contributed by atoms with van der Waals surface area (Å²) in [5.41, 5.74) is 0. The van der Waals surface area contributed by atoms with Crippen molar-refractivity contribution in [2.45, 2.75) is 13.8 Å². The molecule has 0 amide bonds. The minimum atomic E-state index is 0. The fourth-order valence-corrected chi connectivity index (χ4v) is 0. The van der Waals surface area contributed by atoms with Gasteiger partial charge in [-0.3, -0.25) is 0 Å². The predicted octanol–water partition coefficient (Wildman–Crippen LogP) is 1.23. The van der Waals surface area contributed by atoms with E-state index in [4.69, 9.17) is 0 Å². The Bertz CT molecular complexity index is 3.25. The molecule has 1 heteroatoms. The van der Waals surface area contributed by atoms with E-state index < -0.39 is 0 Å². The summed E-state index contributed by atoms with van der Waals surface area (Å²) in [5.74, 6) is 0. The second kappa shape index (κ2) is 9.46. The van der Waals surface area contributed by atoms with Gasteiger partial charge in [-0.05, 0) is 6.42 Å². The second-order valence-corrected chi connectivity index (χ2v) is 0.577. The van der Waals surface area contributed by atoms with Crippen LogP contribution in [0.4, 0.5) is 0 Å². The van der Waals surface area contributed by atoms with E-state index in [-0.39, 0.29) is 19.5 Å². The summed E-state index contributed by atoms with van der Waals surface area (Å²) in [6, 6.07) is 0. The van der Waals surface area contributed by atoms with Crippen molar-refractivity contribution in [2.24, 2.45) is 0 Å². The third-order valence-electron chi connectivity index (χ3n) is 0. The van der Waals surface area contributed by atoms with Gasteiger partial charge in [0, 0.05) is 19.5 Å². The molecule has 4 heavy (non-hydrogen) atoms. The molecule has 0 unspecified atom stereocenters. The van der Waals surface area contributed by atoms with Gasteiger partial charge in [0.15, 0.2) is 0 Å². The van der Waals surface area contributed by atoms with Crippen molar-refractivity contribution in [2.75, 3.05) is 0 Å². The summed E-state index contributed by atoms with van der Waals surface area (Å²) in [4.78, 5) is 0. The van der Waals surface area contributed by atoms with Gasteiger partial charge in [0.05, 0.1) is 0 Å². The van der Waals surface area contributed by atoms with Gasteiger partial charge in [-0.1, -0.05) is 13.8 Å². The average molecular weight is 144 g/mol. The zero-order valence-corrected chi connectivity index (χ0v) is 4.67. The molecular weight excluding hydrogens is 137 g/mol. The van der Waals surface area contributed by atoms with Crippen LogP contribution in [0.1, 0.15) is 13.8 Å². The zero-order chi connectivity index (χ0) is 2.71. The molecular formula is C3H7Ru. The molecule has 0 nitrogen and oxygen atoms in total. The van der Waals surface area contributed by atoms with Gasteiger partial charge in [-0.25, -0.2) is 0 Å². The molecule has 0 spiro atoms. The van der Waals surface area contributed by atoms with Crippen LogP contribution in [-0.2, 0) is 19.5 Å². The van der Waals surface area contributed by atoms with E-state index in [1.54, 1.807) is 0 Å². The molecule has 0 aromatic heterocycles. The molecule has 0 bridgehead atoms. The standard InChI is InChI=1S/C3H7.Ru/c1-3-2;/h3H,1-2H3;. The third-order valence-corrected chi connectivity index (χ3v) is 0. The van der Waals surface area contributed by atoms with E-state index in [1.807, 2.05) is 20.3 Å². The SMILES string of the molecule is C[CH]C.[Ru]. The van der Waals surface area contributed by atoms with E-state index in [0.717, 1.165) is 0 Å². The van der Waals surface area contributed by atoms with Crippen molar-refractivity contribution in [1.82, 2.24) is 0 Å². The Balaban J connectivity index is 0. The van der Waals surface area contributed by atoms with Gasteiger partial charge in [0.25, 0.3) is 0 Å². The van der Waals surface area contributed by atoms with Crippen molar-refractivity contribution in [3.63, 3.8) is 0 Å². The molecule has 0 atom stereocenters. The fraction of sp³-hybridized carbons (Fsp3) is 0.667. The van der Waals surface area contributed by atoms with Gasteiger partial charge in [-0.2, -0.15) is 0 Å². The quantitative estimate of drug-likeness (QED) is 0.448. The second-order valence-electron chi connectivity index (χ2n) is 0.577. The molecule has 0 aliphatic rings. The van der Waals surface area contributed by atoms with Crippen LogP contribution in [0.15, 0.2) is 0 Å². The van der Waals surface area contributed by atoms with Crippen LogP contribution < -0.4 is 0 Å². The van der Waals surface area contributed by atoms with E-state index in [2.05, 4.69) is 0 Å². The van der Waals surface area contributed by atoms with Crippen LogP contribution in [0.2, 0.25) is 0 Å². The van der Waals surface area contributed by atoms with E-state index in [1.165, 1.54) is 0 Å². The Kier molecular flexibility index (Phi) is 20.9. The molecule has 0 aliphatic carbocycles. The van der Waals surface area contributed by atoms with E-state index in [0.29, 0.717) is 0 Å². The first-order valence-electron chi connectivity index (χ1n) is 1.15. The molecule has 0 aromatic rings. The smallest absolute Gasteiger partial charge is 0 e. The van der Waals surface area contributed by atoms with Crippen molar-refractivity contribution < 1.29 is 19.5 Å².